The predicted octanol–water partition coefficient (Wildman–Crippen LogP) is -0.0455. The van der Waals surface area contributed by atoms with Gasteiger partial charge in [0.2, 0.25) is 0 Å². The van der Waals surface area contributed by atoms with Gasteiger partial charge in [0, 0.05) is 0 Å². The first-order valence-electron chi connectivity index (χ1n) is 4.01. The molecular formula is C9H9NO5. The molecule has 80 valence electrons. The minimum atomic E-state index is -1.31. The molecule has 4 N–H and O–H groups in total. The number of nitrogens with two attached hydrogens (primary N) is 1. The minimum absolute atomic E-state index is 0.0284. The van der Waals surface area contributed by atoms with Gasteiger partial charge in [-0.15, -0.1) is 0 Å². The van der Waals surface area contributed by atoms with Crippen LogP contribution in [0, 0.1) is 0 Å². The Morgan fingerprint density at radius 1 is 1.40 bits per heavy atom. The van der Waals surface area contributed by atoms with Gasteiger partial charge in [0.05, 0.1) is 6.54 Å². The van der Waals surface area contributed by atoms with Crippen LogP contribution in [0.1, 0.15) is 10.4 Å². The number of rotatable bonds is 3. The van der Waals surface area contributed by atoms with Crippen molar-refractivity contribution in [3.8, 4) is 11.5 Å². The number of phenols is 1. The van der Waals surface area contributed by atoms with E-state index in [1.54, 1.807) is 0 Å². The smallest absolute Gasteiger partial charge is 0.339 e. The first-order valence-corrected chi connectivity index (χ1v) is 4.01. The molecule has 0 aliphatic heterocycles. The summed E-state index contributed by atoms with van der Waals surface area (Å²) in [6, 6.07) is 3.45. The van der Waals surface area contributed by atoms with Crippen molar-refractivity contribution in [3.05, 3.63) is 23.8 Å². The SMILES string of the molecule is NCC(=O)Oc1ccc(O)c(C(=O)O)c1. The second-order valence-electron chi connectivity index (χ2n) is 2.66. The molecule has 0 atom stereocenters. The number of carbonyl (C=O) groups is 2. The summed E-state index contributed by atoms with van der Waals surface area (Å²) in [4.78, 5) is 21.4. The molecule has 0 bridgehead atoms. The highest BCUT2D eigenvalue weighted by molar-refractivity contribution is 5.91. The molecule has 0 unspecified atom stereocenters. The minimum Gasteiger partial charge on any atom is -0.507 e. The summed E-state index contributed by atoms with van der Waals surface area (Å²) in [6.45, 7) is -0.302. The van der Waals surface area contributed by atoms with E-state index in [0.717, 1.165) is 12.1 Å². The standard InChI is InChI=1S/C9H9NO5/c10-4-8(12)15-5-1-2-7(11)6(3-5)9(13)14/h1-3,11H,4,10H2,(H,13,14). The highest BCUT2D eigenvalue weighted by Gasteiger charge is 2.11. The van der Waals surface area contributed by atoms with Gasteiger partial charge in [0.25, 0.3) is 0 Å². The molecule has 6 nitrogen and oxygen atoms in total. The van der Waals surface area contributed by atoms with E-state index in [9.17, 15) is 9.59 Å². The van der Waals surface area contributed by atoms with Crippen LogP contribution in [0.5, 0.6) is 11.5 Å². The van der Waals surface area contributed by atoms with Gasteiger partial charge in [-0.25, -0.2) is 4.79 Å². The van der Waals surface area contributed by atoms with Crippen LogP contribution in [0.2, 0.25) is 0 Å². The lowest BCUT2D eigenvalue weighted by molar-refractivity contribution is -0.132. The van der Waals surface area contributed by atoms with E-state index in [0.29, 0.717) is 0 Å². The molecule has 15 heavy (non-hydrogen) atoms. The Morgan fingerprint density at radius 3 is 2.60 bits per heavy atom. The van der Waals surface area contributed by atoms with Crippen molar-refractivity contribution >= 4 is 11.9 Å². The van der Waals surface area contributed by atoms with Crippen LogP contribution < -0.4 is 10.5 Å². The summed E-state index contributed by atoms with van der Waals surface area (Å²) in [5, 5.41) is 17.8. The molecule has 0 aliphatic rings. The first-order chi connectivity index (χ1) is 7.04. The van der Waals surface area contributed by atoms with Crippen LogP contribution >= 0.6 is 0 Å². The number of carboxylic acids is 1. The van der Waals surface area contributed by atoms with E-state index in [1.807, 2.05) is 0 Å². The topological polar surface area (TPSA) is 110 Å². The van der Waals surface area contributed by atoms with E-state index in [-0.39, 0.29) is 17.9 Å². The largest absolute Gasteiger partial charge is 0.507 e. The van der Waals surface area contributed by atoms with Gasteiger partial charge in [0.1, 0.15) is 17.1 Å². The zero-order valence-electron chi connectivity index (χ0n) is 7.64. The highest BCUT2D eigenvalue weighted by Crippen LogP contribution is 2.22. The second-order valence-corrected chi connectivity index (χ2v) is 2.66. The van der Waals surface area contributed by atoms with Gasteiger partial charge in [-0.2, -0.15) is 0 Å². The number of esters is 1. The predicted molar refractivity (Wildman–Crippen MR) is 49.8 cm³/mol. The van der Waals surface area contributed by atoms with E-state index >= 15 is 0 Å². The van der Waals surface area contributed by atoms with Gasteiger partial charge >= 0.3 is 11.9 Å². The highest BCUT2D eigenvalue weighted by atomic mass is 16.5. The molecule has 0 heterocycles. The van der Waals surface area contributed by atoms with Gasteiger partial charge in [-0.1, -0.05) is 0 Å². The van der Waals surface area contributed by atoms with Gasteiger partial charge in [0.15, 0.2) is 0 Å². The van der Waals surface area contributed by atoms with Crippen molar-refractivity contribution in [1.82, 2.24) is 0 Å². The lowest BCUT2D eigenvalue weighted by Crippen LogP contribution is -2.19. The molecule has 0 spiro atoms. The van der Waals surface area contributed by atoms with Gasteiger partial charge in [-0.05, 0) is 18.2 Å². The fourth-order valence-electron chi connectivity index (χ4n) is 0.923. The first kappa shape index (κ1) is 11.0. The molecule has 0 radical (unpaired) electrons. The maximum Gasteiger partial charge on any atom is 0.339 e. The number of hydrogen-bond acceptors (Lipinski definition) is 5. The van der Waals surface area contributed by atoms with Crippen molar-refractivity contribution in [2.75, 3.05) is 6.54 Å². The van der Waals surface area contributed by atoms with E-state index < -0.39 is 17.7 Å². The monoisotopic (exact) mass is 211 g/mol. The third kappa shape index (κ3) is 2.68. The van der Waals surface area contributed by atoms with E-state index in [1.165, 1.54) is 6.07 Å². The number of carbonyl (C=O) groups excluding carboxylic acids is 1. The van der Waals surface area contributed by atoms with E-state index in [2.05, 4.69) is 4.74 Å². The number of benzene rings is 1. The summed E-state index contributed by atoms with van der Waals surface area (Å²) in [6.07, 6.45) is 0. The number of aromatic carboxylic acids is 1. The number of ether oxygens (including phenoxy) is 1. The zero-order valence-corrected chi connectivity index (χ0v) is 7.64. The average molecular weight is 211 g/mol. The Labute approximate surface area is 84.9 Å². The molecule has 1 rings (SSSR count). The van der Waals surface area contributed by atoms with Crippen molar-refractivity contribution in [1.29, 1.82) is 0 Å². The molecule has 0 aliphatic carbocycles. The summed E-state index contributed by atoms with van der Waals surface area (Å²) in [5.41, 5.74) is 4.67. The van der Waals surface area contributed by atoms with Gasteiger partial charge in [-0.3, -0.25) is 4.79 Å². The Kier molecular flexibility index (Phi) is 3.25. The molecule has 0 amide bonds. The Morgan fingerprint density at radius 2 is 2.07 bits per heavy atom. The Bertz CT molecular complexity index is 401. The average Bonchev–Trinajstić information content (AvgIpc) is 2.20. The third-order valence-electron chi connectivity index (χ3n) is 1.60. The third-order valence-corrected chi connectivity index (χ3v) is 1.60. The van der Waals surface area contributed by atoms with Crippen LogP contribution in [0.3, 0.4) is 0 Å². The van der Waals surface area contributed by atoms with Crippen molar-refractivity contribution in [3.63, 3.8) is 0 Å². The summed E-state index contributed by atoms with van der Waals surface area (Å²) < 4.78 is 4.67. The van der Waals surface area contributed by atoms with Crippen LogP contribution in [-0.2, 0) is 4.79 Å². The van der Waals surface area contributed by atoms with Crippen LogP contribution in [0.15, 0.2) is 18.2 Å². The number of aromatic hydroxyl groups is 1. The van der Waals surface area contributed by atoms with Crippen LogP contribution in [0.25, 0.3) is 0 Å². The summed E-state index contributed by atoms with van der Waals surface area (Å²) >= 11 is 0. The van der Waals surface area contributed by atoms with Crippen molar-refractivity contribution < 1.29 is 24.5 Å². The van der Waals surface area contributed by atoms with Crippen LogP contribution in [-0.4, -0.2) is 28.7 Å². The molecule has 0 saturated carbocycles. The molecular weight excluding hydrogens is 202 g/mol. The molecule has 6 heteroatoms. The van der Waals surface area contributed by atoms with Crippen LogP contribution in [0.4, 0.5) is 0 Å². The zero-order chi connectivity index (χ0) is 11.4. The molecule has 0 fully saturated rings. The lowest BCUT2D eigenvalue weighted by Gasteiger charge is -2.04. The Balaban J connectivity index is 2.97. The number of hydrogen-bond donors (Lipinski definition) is 3. The number of carboxylic acid groups (broad SMARTS) is 1. The molecule has 0 saturated heterocycles. The summed E-state index contributed by atoms with van der Waals surface area (Å²) in [7, 11) is 0. The fourth-order valence-corrected chi connectivity index (χ4v) is 0.923. The lowest BCUT2D eigenvalue weighted by atomic mass is 10.2. The maximum atomic E-state index is 10.8. The quantitative estimate of drug-likeness (QED) is 0.477. The fraction of sp³-hybridized carbons (Fsp3) is 0.111. The normalized spacial score (nSPS) is 9.67. The maximum absolute atomic E-state index is 10.8. The summed E-state index contributed by atoms with van der Waals surface area (Å²) in [5.74, 6) is -2.36. The molecule has 1 aromatic carbocycles. The van der Waals surface area contributed by atoms with Gasteiger partial charge < -0.3 is 20.7 Å². The van der Waals surface area contributed by atoms with Crippen molar-refractivity contribution in [2.45, 2.75) is 0 Å². The van der Waals surface area contributed by atoms with E-state index in [4.69, 9.17) is 15.9 Å². The van der Waals surface area contributed by atoms with Crippen molar-refractivity contribution in [2.24, 2.45) is 5.73 Å². The Hall–Kier alpha value is -2.08. The molecule has 0 aromatic heterocycles. The molecule has 1 aromatic rings. The second kappa shape index (κ2) is 4.43.